The van der Waals surface area contributed by atoms with Gasteiger partial charge in [-0.15, -0.1) is 0 Å². The summed E-state index contributed by atoms with van der Waals surface area (Å²) in [6, 6.07) is 0. The van der Waals surface area contributed by atoms with Gasteiger partial charge in [0, 0.05) is 0 Å². The monoisotopic (exact) mass is 638 g/mol. The molecular formula is C36H62O9. The molecule has 0 amide bonds. The maximum absolute atomic E-state index is 12.1. The number of ether oxygens (including phenoxy) is 3. The first-order valence-corrected chi connectivity index (χ1v) is 17.8. The number of hydrogen-bond acceptors (Lipinski definition) is 9. The Bertz CT molecular complexity index is 1110. The molecule has 0 aromatic carbocycles. The first-order chi connectivity index (χ1) is 20.7. The van der Waals surface area contributed by atoms with Gasteiger partial charge in [-0.05, 0) is 124 Å². The third kappa shape index (κ3) is 5.11. The molecule has 0 aromatic rings. The van der Waals surface area contributed by atoms with Crippen LogP contribution in [0, 0.1) is 45.3 Å². The van der Waals surface area contributed by atoms with Gasteiger partial charge in [0.1, 0.15) is 24.4 Å². The van der Waals surface area contributed by atoms with Crippen LogP contribution in [0.3, 0.4) is 0 Å². The average molecular weight is 639 g/mol. The van der Waals surface area contributed by atoms with Crippen molar-refractivity contribution in [3.8, 4) is 0 Å². The maximum atomic E-state index is 12.1. The van der Waals surface area contributed by atoms with E-state index in [0.717, 1.165) is 51.4 Å². The zero-order valence-corrected chi connectivity index (χ0v) is 28.9. The summed E-state index contributed by atoms with van der Waals surface area (Å²) in [6.45, 7) is 17.5. The Hall–Kier alpha value is -0.360. The summed E-state index contributed by atoms with van der Waals surface area (Å²) in [5.41, 5.74) is -1.31. The lowest BCUT2D eigenvalue weighted by Crippen LogP contribution is -2.67. The highest BCUT2D eigenvalue weighted by atomic mass is 16.7. The van der Waals surface area contributed by atoms with Crippen LogP contribution < -0.4 is 0 Å². The summed E-state index contributed by atoms with van der Waals surface area (Å²) in [5.74, 6) is 0.737. The van der Waals surface area contributed by atoms with Crippen LogP contribution in [0.15, 0.2) is 0 Å². The quantitative estimate of drug-likeness (QED) is 0.182. The van der Waals surface area contributed by atoms with Crippen LogP contribution in [-0.4, -0.2) is 97.5 Å². The molecule has 6 rings (SSSR count). The Morgan fingerprint density at radius 1 is 0.822 bits per heavy atom. The second kappa shape index (κ2) is 11.1. The zero-order chi connectivity index (χ0) is 33.1. The Labute approximate surface area is 270 Å². The van der Waals surface area contributed by atoms with Gasteiger partial charge in [-0.25, -0.2) is 0 Å². The molecule has 0 aromatic heterocycles. The van der Waals surface area contributed by atoms with E-state index >= 15 is 0 Å². The topological polar surface area (TPSA) is 152 Å². The largest absolute Gasteiger partial charge is 0.394 e. The minimum absolute atomic E-state index is 0.0234. The molecule has 0 radical (unpaired) electrons. The minimum Gasteiger partial charge on any atom is -0.394 e. The van der Waals surface area contributed by atoms with E-state index in [1.807, 2.05) is 6.92 Å². The highest BCUT2D eigenvalue weighted by molar-refractivity contribution is 5.20. The predicted octanol–water partition coefficient (Wildman–Crippen LogP) is 3.54. The molecule has 2 saturated heterocycles. The van der Waals surface area contributed by atoms with Crippen molar-refractivity contribution in [1.82, 2.24) is 0 Å². The van der Waals surface area contributed by atoms with Crippen LogP contribution in [-0.2, 0) is 14.2 Å². The third-order valence-corrected chi connectivity index (χ3v) is 15.3. The SMILES string of the molecule is CC1(C)O[C@@H]1CC[C@](C)(O)[C@H]1CC[C@]2(C)[C@@H]1[C@H](O)C[C@@H]1[C@@]3(C)CC[C@H](O[C@@H]4O[C@H](CO)[C@@H](O)[C@H](O)[C@H]4O)C(C)(C)[C@@H]3CC[C@]12C. The summed E-state index contributed by atoms with van der Waals surface area (Å²) >= 11 is 0. The van der Waals surface area contributed by atoms with Crippen molar-refractivity contribution in [3.63, 3.8) is 0 Å². The molecule has 4 aliphatic carbocycles. The van der Waals surface area contributed by atoms with E-state index in [1.165, 1.54) is 0 Å². The molecule has 0 unspecified atom stereocenters. The number of rotatable bonds is 7. The second-order valence-electron chi connectivity index (χ2n) is 18.2. The average Bonchev–Trinajstić information content (AvgIpc) is 3.38. The van der Waals surface area contributed by atoms with E-state index in [-0.39, 0.29) is 51.3 Å². The number of aliphatic hydroxyl groups is 6. The molecule has 6 N–H and O–H groups in total. The number of aliphatic hydroxyl groups excluding tert-OH is 5. The first kappa shape index (κ1) is 34.5. The van der Waals surface area contributed by atoms with Crippen LogP contribution in [0.2, 0.25) is 0 Å². The molecular weight excluding hydrogens is 576 g/mol. The number of fused-ring (bicyclic) bond motifs is 5. The Morgan fingerprint density at radius 2 is 1.47 bits per heavy atom. The molecule has 6 aliphatic rings. The highest BCUT2D eigenvalue weighted by Crippen LogP contribution is 2.76. The van der Waals surface area contributed by atoms with E-state index in [9.17, 15) is 30.6 Å². The molecule has 0 bridgehead atoms. The van der Waals surface area contributed by atoms with E-state index in [4.69, 9.17) is 14.2 Å². The first-order valence-electron chi connectivity index (χ1n) is 17.8. The van der Waals surface area contributed by atoms with Crippen LogP contribution in [0.1, 0.15) is 113 Å². The van der Waals surface area contributed by atoms with Gasteiger partial charge in [0.05, 0.1) is 36.1 Å². The molecule has 6 fully saturated rings. The van der Waals surface area contributed by atoms with Crippen molar-refractivity contribution in [2.75, 3.05) is 6.61 Å². The van der Waals surface area contributed by atoms with Crippen LogP contribution in [0.25, 0.3) is 0 Å². The lowest BCUT2D eigenvalue weighted by atomic mass is 9.35. The van der Waals surface area contributed by atoms with Crippen molar-refractivity contribution < 1.29 is 44.8 Å². The third-order valence-electron chi connectivity index (χ3n) is 15.3. The van der Waals surface area contributed by atoms with Gasteiger partial charge in [0.25, 0.3) is 0 Å². The van der Waals surface area contributed by atoms with Gasteiger partial charge in [0.2, 0.25) is 0 Å². The fourth-order valence-electron chi connectivity index (χ4n) is 12.4. The Kier molecular flexibility index (Phi) is 8.49. The molecule has 9 heteroatoms. The molecule has 45 heavy (non-hydrogen) atoms. The molecule has 2 heterocycles. The van der Waals surface area contributed by atoms with Crippen molar-refractivity contribution in [1.29, 1.82) is 0 Å². The molecule has 260 valence electrons. The fraction of sp³-hybridized carbons (Fsp3) is 1.00. The molecule has 2 aliphatic heterocycles. The van der Waals surface area contributed by atoms with E-state index in [0.29, 0.717) is 18.3 Å². The normalized spacial score (nSPS) is 54.8. The summed E-state index contributed by atoms with van der Waals surface area (Å²) < 4.78 is 18.0. The Morgan fingerprint density at radius 3 is 2.09 bits per heavy atom. The Balaban J connectivity index is 1.21. The van der Waals surface area contributed by atoms with Gasteiger partial charge < -0.3 is 44.8 Å². The number of epoxide rings is 1. The molecule has 0 spiro atoms. The number of hydrogen-bond donors (Lipinski definition) is 6. The summed E-state index contributed by atoms with van der Waals surface area (Å²) in [6.07, 6.45) is 1.01. The second-order valence-corrected chi connectivity index (χ2v) is 18.2. The lowest BCUT2D eigenvalue weighted by molar-refractivity contribution is -0.332. The van der Waals surface area contributed by atoms with Crippen molar-refractivity contribution >= 4 is 0 Å². The van der Waals surface area contributed by atoms with Gasteiger partial charge in [0.15, 0.2) is 6.29 Å². The van der Waals surface area contributed by atoms with Gasteiger partial charge in [-0.3, -0.25) is 0 Å². The zero-order valence-electron chi connectivity index (χ0n) is 28.9. The van der Waals surface area contributed by atoms with E-state index in [2.05, 4.69) is 48.5 Å². The van der Waals surface area contributed by atoms with E-state index < -0.39 is 49.0 Å². The predicted molar refractivity (Wildman–Crippen MR) is 168 cm³/mol. The smallest absolute Gasteiger partial charge is 0.186 e. The van der Waals surface area contributed by atoms with Crippen molar-refractivity contribution in [3.05, 3.63) is 0 Å². The lowest BCUT2D eigenvalue weighted by Gasteiger charge is -2.70. The van der Waals surface area contributed by atoms with E-state index in [1.54, 1.807) is 0 Å². The van der Waals surface area contributed by atoms with Crippen LogP contribution >= 0.6 is 0 Å². The van der Waals surface area contributed by atoms with Gasteiger partial charge >= 0.3 is 0 Å². The highest BCUT2D eigenvalue weighted by Gasteiger charge is 2.71. The van der Waals surface area contributed by atoms with Gasteiger partial charge in [-0.2, -0.15) is 0 Å². The van der Waals surface area contributed by atoms with Crippen LogP contribution in [0.4, 0.5) is 0 Å². The fourth-order valence-corrected chi connectivity index (χ4v) is 12.4. The minimum atomic E-state index is -1.46. The summed E-state index contributed by atoms with van der Waals surface area (Å²) in [5, 5.41) is 65.0. The van der Waals surface area contributed by atoms with Crippen molar-refractivity contribution in [2.24, 2.45) is 45.3 Å². The summed E-state index contributed by atoms with van der Waals surface area (Å²) in [4.78, 5) is 0. The summed E-state index contributed by atoms with van der Waals surface area (Å²) in [7, 11) is 0. The maximum Gasteiger partial charge on any atom is 0.186 e. The van der Waals surface area contributed by atoms with Gasteiger partial charge in [-0.1, -0.05) is 34.6 Å². The molecule has 16 atom stereocenters. The standard InChI is InChI=1S/C36H62O9/c1-31(2)22-10-15-34(6)23(33(22,5)13-11-24(31)44-30-29(41)28(40)27(39)21(18-37)43-30)17-20(38)26-19(9-14-35(26,34)7)36(8,42)16-12-25-32(3,4)45-25/h19-30,37-42H,9-18H2,1-8H3/t19-,20+,21+,22-,23+,24-,25+,26-,27+,28-,29+,30-,33-,34+,35+,36-/m0/s1. The van der Waals surface area contributed by atoms with Crippen molar-refractivity contribution in [2.45, 2.75) is 173 Å². The molecule has 9 nitrogen and oxygen atoms in total. The molecule has 4 saturated carbocycles. The van der Waals surface area contributed by atoms with Crippen LogP contribution in [0.5, 0.6) is 0 Å².